The minimum atomic E-state index is -0.359. The number of likely N-dealkylation sites (tertiary alicyclic amines) is 1. The first kappa shape index (κ1) is 15.3. The Kier molecular flexibility index (Phi) is 4.41. The fourth-order valence-electron chi connectivity index (χ4n) is 2.68. The summed E-state index contributed by atoms with van der Waals surface area (Å²) in [7, 11) is 0. The zero-order valence-electron chi connectivity index (χ0n) is 12.7. The summed E-state index contributed by atoms with van der Waals surface area (Å²) in [5.74, 6) is -0.439. The van der Waals surface area contributed by atoms with E-state index in [-0.39, 0.29) is 24.1 Å². The number of carbonyl (C=O) groups excluding carboxylic acids is 2. The quantitative estimate of drug-likeness (QED) is 0.922. The number of amides is 2. The van der Waals surface area contributed by atoms with Crippen LogP contribution >= 0.6 is 0 Å². The smallest absolute Gasteiger partial charge is 0.226 e. The van der Waals surface area contributed by atoms with Gasteiger partial charge in [0.25, 0.3) is 0 Å². The summed E-state index contributed by atoms with van der Waals surface area (Å²) in [5, 5.41) is 2.75. The summed E-state index contributed by atoms with van der Waals surface area (Å²) in [6, 6.07) is 8.06. The predicted molar refractivity (Wildman–Crippen MR) is 84.8 cm³/mol. The van der Waals surface area contributed by atoms with Crippen LogP contribution in [0.25, 0.3) is 5.69 Å². The van der Waals surface area contributed by atoms with Crippen LogP contribution in [0.15, 0.2) is 42.7 Å². The molecule has 0 atom stereocenters. The Hall–Kier alpha value is -2.63. The Morgan fingerprint density at radius 1 is 1.26 bits per heavy atom. The third-order valence-electron chi connectivity index (χ3n) is 3.89. The van der Waals surface area contributed by atoms with Crippen molar-refractivity contribution in [1.82, 2.24) is 9.47 Å². The zero-order chi connectivity index (χ0) is 16.2. The summed E-state index contributed by atoms with van der Waals surface area (Å²) in [6.45, 7) is 1.15. The van der Waals surface area contributed by atoms with Gasteiger partial charge < -0.3 is 14.8 Å². The highest BCUT2D eigenvalue weighted by atomic mass is 19.1. The van der Waals surface area contributed by atoms with Crippen LogP contribution in [0.4, 0.5) is 10.1 Å². The molecule has 2 heterocycles. The number of halogens is 1. The summed E-state index contributed by atoms with van der Waals surface area (Å²) >= 11 is 0. The molecule has 23 heavy (non-hydrogen) atoms. The van der Waals surface area contributed by atoms with Crippen molar-refractivity contribution in [3.63, 3.8) is 0 Å². The number of aromatic nitrogens is 1. The van der Waals surface area contributed by atoms with Crippen LogP contribution in [0.3, 0.4) is 0 Å². The molecule has 0 saturated carbocycles. The van der Waals surface area contributed by atoms with Crippen LogP contribution in [0.2, 0.25) is 0 Å². The monoisotopic (exact) mass is 315 g/mol. The van der Waals surface area contributed by atoms with Gasteiger partial charge in [0, 0.05) is 44.0 Å². The molecular formula is C17H18FN3O2. The van der Waals surface area contributed by atoms with Crippen molar-refractivity contribution in [2.24, 2.45) is 0 Å². The Bertz CT molecular complexity index is 713. The van der Waals surface area contributed by atoms with E-state index in [1.54, 1.807) is 40.1 Å². The molecule has 2 aromatic rings. The summed E-state index contributed by atoms with van der Waals surface area (Å²) < 4.78 is 15.5. The topological polar surface area (TPSA) is 54.3 Å². The van der Waals surface area contributed by atoms with Gasteiger partial charge in [-0.3, -0.25) is 9.59 Å². The first-order chi connectivity index (χ1) is 11.1. The SMILES string of the molecule is O=C(CCN1CCCC1=O)Nc1ccc(F)c(-n2cccc2)c1. The Morgan fingerprint density at radius 3 is 2.74 bits per heavy atom. The second-order valence-corrected chi connectivity index (χ2v) is 5.54. The van der Waals surface area contributed by atoms with Crippen LogP contribution in [-0.2, 0) is 9.59 Å². The normalized spacial score (nSPS) is 14.3. The molecule has 1 aliphatic rings. The van der Waals surface area contributed by atoms with E-state index in [2.05, 4.69) is 5.32 Å². The van der Waals surface area contributed by atoms with E-state index in [1.807, 2.05) is 0 Å². The van der Waals surface area contributed by atoms with E-state index in [0.717, 1.165) is 13.0 Å². The molecule has 0 unspecified atom stereocenters. The molecule has 1 fully saturated rings. The standard InChI is InChI=1S/C17H18FN3O2/c18-14-6-5-13(12-15(14)20-8-1-2-9-20)19-16(22)7-11-21-10-3-4-17(21)23/h1-2,5-6,8-9,12H,3-4,7,10-11H2,(H,19,22). The largest absolute Gasteiger partial charge is 0.342 e. The van der Waals surface area contributed by atoms with Gasteiger partial charge in [-0.15, -0.1) is 0 Å². The van der Waals surface area contributed by atoms with Crippen LogP contribution in [0.1, 0.15) is 19.3 Å². The van der Waals surface area contributed by atoms with Crippen LogP contribution in [-0.4, -0.2) is 34.4 Å². The molecule has 2 amide bonds. The van der Waals surface area contributed by atoms with Crippen molar-refractivity contribution in [2.45, 2.75) is 19.3 Å². The minimum absolute atomic E-state index is 0.106. The highest BCUT2D eigenvalue weighted by Gasteiger charge is 2.20. The number of carbonyl (C=O) groups is 2. The number of nitrogens with one attached hydrogen (secondary N) is 1. The third-order valence-corrected chi connectivity index (χ3v) is 3.89. The molecule has 0 spiro atoms. The van der Waals surface area contributed by atoms with Gasteiger partial charge in [0.2, 0.25) is 11.8 Å². The lowest BCUT2D eigenvalue weighted by Crippen LogP contribution is -2.28. The maximum atomic E-state index is 13.9. The van der Waals surface area contributed by atoms with Gasteiger partial charge >= 0.3 is 0 Å². The molecule has 1 N–H and O–H groups in total. The van der Waals surface area contributed by atoms with Crippen molar-refractivity contribution in [1.29, 1.82) is 0 Å². The van der Waals surface area contributed by atoms with Gasteiger partial charge in [0.05, 0.1) is 5.69 Å². The maximum Gasteiger partial charge on any atom is 0.226 e. The molecular weight excluding hydrogens is 297 g/mol. The highest BCUT2D eigenvalue weighted by molar-refractivity contribution is 5.91. The van der Waals surface area contributed by atoms with E-state index >= 15 is 0 Å². The molecule has 0 bridgehead atoms. The zero-order valence-corrected chi connectivity index (χ0v) is 12.7. The summed E-state index contributed by atoms with van der Waals surface area (Å²) in [6.07, 6.45) is 5.15. The molecule has 1 aromatic heterocycles. The molecule has 3 rings (SSSR count). The molecule has 1 saturated heterocycles. The number of hydrogen-bond acceptors (Lipinski definition) is 2. The van der Waals surface area contributed by atoms with Gasteiger partial charge in [-0.05, 0) is 36.8 Å². The molecule has 1 aromatic carbocycles. The average molecular weight is 315 g/mol. The lowest BCUT2D eigenvalue weighted by atomic mass is 10.2. The lowest BCUT2D eigenvalue weighted by Gasteiger charge is -2.15. The molecule has 120 valence electrons. The van der Waals surface area contributed by atoms with Crippen LogP contribution < -0.4 is 5.32 Å². The third kappa shape index (κ3) is 3.59. The fraction of sp³-hybridized carbons (Fsp3) is 0.294. The number of anilines is 1. The first-order valence-electron chi connectivity index (χ1n) is 7.64. The minimum Gasteiger partial charge on any atom is -0.342 e. The fourth-order valence-corrected chi connectivity index (χ4v) is 2.68. The highest BCUT2D eigenvalue weighted by Crippen LogP contribution is 2.19. The predicted octanol–water partition coefficient (Wildman–Crippen LogP) is 2.57. The van der Waals surface area contributed by atoms with Crippen LogP contribution in [0.5, 0.6) is 0 Å². The van der Waals surface area contributed by atoms with Crippen molar-refractivity contribution >= 4 is 17.5 Å². The Morgan fingerprint density at radius 2 is 2.04 bits per heavy atom. The Labute approximate surface area is 133 Å². The van der Waals surface area contributed by atoms with Gasteiger partial charge in [-0.1, -0.05) is 0 Å². The average Bonchev–Trinajstić information content (AvgIpc) is 3.19. The second-order valence-electron chi connectivity index (χ2n) is 5.54. The van der Waals surface area contributed by atoms with Gasteiger partial charge in [-0.25, -0.2) is 4.39 Å². The van der Waals surface area contributed by atoms with Crippen molar-refractivity contribution in [3.05, 3.63) is 48.5 Å². The number of hydrogen-bond donors (Lipinski definition) is 1. The van der Waals surface area contributed by atoms with Crippen molar-refractivity contribution < 1.29 is 14.0 Å². The van der Waals surface area contributed by atoms with Crippen molar-refractivity contribution in [3.8, 4) is 5.69 Å². The molecule has 6 heteroatoms. The van der Waals surface area contributed by atoms with E-state index in [9.17, 15) is 14.0 Å². The number of benzene rings is 1. The van der Waals surface area contributed by atoms with E-state index in [4.69, 9.17) is 0 Å². The van der Waals surface area contributed by atoms with E-state index in [0.29, 0.717) is 24.3 Å². The van der Waals surface area contributed by atoms with Crippen molar-refractivity contribution in [2.75, 3.05) is 18.4 Å². The molecule has 0 radical (unpaired) electrons. The molecule has 1 aliphatic heterocycles. The molecule has 5 nitrogen and oxygen atoms in total. The lowest BCUT2D eigenvalue weighted by molar-refractivity contribution is -0.128. The summed E-state index contributed by atoms with van der Waals surface area (Å²) in [5.41, 5.74) is 0.912. The van der Waals surface area contributed by atoms with Gasteiger partial charge in [-0.2, -0.15) is 0 Å². The molecule has 0 aliphatic carbocycles. The number of nitrogens with zero attached hydrogens (tertiary/aromatic N) is 2. The maximum absolute atomic E-state index is 13.9. The van der Waals surface area contributed by atoms with Gasteiger partial charge in [0.1, 0.15) is 5.82 Å². The first-order valence-corrected chi connectivity index (χ1v) is 7.64. The van der Waals surface area contributed by atoms with E-state index in [1.165, 1.54) is 12.1 Å². The second kappa shape index (κ2) is 6.64. The van der Waals surface area contributed by atoms with Crippen LogP contribution in [0, 0.1) is 5.82 Å². The summed E-state index contributed by atoms with van der Waals surface area (Å²) in [4.78, 5) is 25.2. The Balaban J connectivity index is 1.62. The van der Waals surface area contributed by atoms with E-state index < -0.39 is 0 Å². The number of rotatable bonds is 5. The van der Waals surface area contributed by atoms with Gasteiger partial charge in [0.15, 0.2) is 0 Å².